The van der Waals surface area contributed by atoms with Gasteiger partial charge in [-0.2, -0.15) is 0 Å². The van der Waals surface area contributed by atoms with Gasteiger partial charge in [-0.25, -0.2) is 0 Å². The van der Waals surface area contributed by atoms with Crippen molar-refractivity contribution in [3.63, 3.8) is 0 Å². The third-order valence-electron chi connectivity index (χ3n) is 2.73. The molecule has 2 unspecified atom stereocenters. The number of fused-ring (bicyclic) bond motifs is 1. The molecular weight excluding hydrogens is 378 g/mol. The van der Waals surface area contributed by atoms with Gasteiger partial charge in [-0.1, -0.05) is 38.2 Å². The van der Waals surface area contributed by atoms with Crippen molar-refractivity contribution < 1.29 is 21.1 Å². The number of nitrogens with zero attached hydrogens (tertiary/aromatic N) is 1. The predicted molar refractivity (Wildman–Crippen MR) is 71.6 cm³/mol. The second-order valence-corrected chi connectivity index (χ2v) is 3.75. The molecule has 0 saturated heterocycles. The molecule has 92 valence electrons. The van der Waals surface area contributed by atoms with Gasteiger partial charge in [0.1, 0.15) is 0 Å². The molecule has 0 aromatic carbocycles. The van der Waals surface area contributed by atoms with Crippen LogP contribution >= 0.6 is 0 Å². The van der Waals surface area contributed by atoms with Gasteiger partial charge in [-0.3, -0.25) is 4.99 Å². The Hall–Kier alpha value is -0.602. The average molecular weight is 399 g/mol. The molecule has 0 aromatic heterocycles. The molecule has 2 aliphatic rings. The summed E-state index contributed by atoms with van der Waals surface area (Å²) in [7, 11) is 0. The van der Waals surface area contributed by atoms with Crippen LogP contribution in [0.2, 0.25) is 0 Å². The minimum Gasteiger partial charge on any atom is -0.286 e. The van der Waals surface area contributed by atoms with Crippen LogP contribution in [0.25, 0.3) is 0 Å². The minimum atomic E-state index is 0. The average Bonchev–Trinajstić information content (AvgIpc) is 2.74. The smallest absolute Gasteiger partial charge is 0.0748 e. The van der Waals surface area contributed by atoms with Crippen molar-refractivity contribution in [2.24, 2.45) is 10.9 Å². The fourth-order valence-corrected chi connectivity index (χ4v) is 2.00. The van der Waals surface area contributed by atoms with Gasteiger partial charge in [0.05, 0.1) is 6.04 Å². The number of hydrogen-bond acceptors (Lipinski definition) is 1. The molecule has 0 bridgehead atoms. The summed E-state index contributed by atoms with van der Waals surface area (Å²) < 4.78 is 0. The maximum atomic E-state index is 4.69. The second-order valence-electron chi connectivity index (χ2n) is 3.75. The SMILES string of the molecule is CC.CC#CCCC1=NC2C=CC=CC2C1.[W]. The number of hydrogen-bond donors (Lipinski definition) is 0. The van der Waals surface area contributed by atoms with Crippen LogP contribution in [0.1, 0.15) is 40.0 Å². The quantitative estimate of drug-likeness (QED) is 0.627. The van der Waals surface area contributed by atoms with Crippen molar-refractivity contribution in [1.82, 2.24) is 0 Å². The molecule has 0 radical (unpaired) electrons. The first-order valence-electron chi connectivity index (χ1n) is 6.20. The number of aliphatic imine (C=N–C) groups is 1. The summed E-state index contributed by atoms with van der Waals surface area (Å²) in [5.41, 5.74) is 1.35. The normalized spacial score (nSPS) is 23.4. The molecule has 2 rings (SSSR count). The first-order valence-corrected chi connectivity index (χ1v) is 6.20. The molecule has 2 heteroatoms. The van der Waals surface area contributed by atoms with Gasteiger partial charge >= 0.3 is 0 Å². The van der Waals surface area contributed by atoms with Crippen LogP contribution < -0.4 is 0 Å². The van der Waals surface area contributed by atoms with E-state index in [1.807, 2.05) is 20.8 Å². The Morgan fingerprint density at radius 1 is 1.29 bits per heavy atom. The number of rotatable bonds is 2. The molecule has 0 amide bonds. The summed E-state index contributed by atoms with van der Waals surface area (Å²) in [6.07, 6.45) is 11.8. The molecule has 0 aromatic rings. The fourth-order valence-electron chi connectivity index (χ4n) is 2.00. The van der Waals surface area contributed by atoms with Crippen molar-refractivity contribution in [3.8, 4) is 11.8 Å². The van der Waals surface area contributed by atoms with Crippen molar-refractivity contribution in [2.75, 3.05) is 0 Å². The molecule has 2 atom stereocenters. The van der Waals surface area contributed by atoms with Crippen molar-refractivity contribution in [2.45, 2.75) is 46.1 Å². The van der Waals surface area contributed by atoms with Crippen LogP contribution in [0, 0.1) is 17.8 Å². The fraction of sp³-hybridized carbons (Fsp3) is 0.533. The van der Waals surface area contributed by atoms with E-state index < -0.39 is 0 Å². The summed E-state index contributed by atoms with van der Waals surface area (Å²) in [5, 5.41) is 0. The minimum absolute atomic E-state index is 0. The van der Waals surface area contributed by atoms with Crippen molar-refractivity contribution in [1.29, 1.82) is 0 Å². The topological polar surface area (TPSA) is 12.4 Å². The molecule has 1 heterocycles. The monoisotopic (exact) mass is 399 g/mol. The summed E-state index contributed by atoms with van der Waals surface area (Å²) in [5.74, 6) is 6.64. The molecule has 1 aliphatic heterocycles. The van der Waals surface area contributed by atoms with Crippen LogP contribution in [0.15, 0.2) is 29.3 Å². The Kier molecular flexibility index (Phi) is 9.10. The standard InChI is InChI=1S/C13H15N.C2H6.W/c1-2-3-4-8-12-10-11-7-5-6-9-13(11)14-12;1-2;/h5-7,9,11,13H,4,8,10H2,1H3;1-2H3;. The van der Waals surface area contributed by atoms with Gasteiger partial charge < -0.3 is 0 Å². The predicted octanol–water partition coefficient (Wildman–Crippen LogP) is 3.77. The van der Waals surface area contributed by atoms with Gasteiger partial charge in [0.2, 0.25) is 0 Å². The summed E-state index contributed by atoms with van der Waals surface area (Å²) in [6, 6.07) is 0.421. The summed E-state index contributed by atoms with van der Waals surface area (Å²) in [6.45, 7) is 5.89. The largest absolute Gasteiger partial charge is 0.286 e. The zero-order valence-electron chi connectivity index (χ0n) is 10.9. The van der Waals surface area contributed by atoms with Crippen LogP contribution in [0.4, 0.5) is 0 Å². The van der Waals surface area contributed by atoms with Gasteiger partial charge in [0.15, 0.2) is 0 Å². The molecule has 0 fully saturated rings. The van der Waals surface area contributed by atoms with Gasteiger partial charge in [0.25, 0.3) is 0 Å². The first kappa shape index (κ1) is 16.4. The second kappa shape index (κ2) is 9.43. The van der Waals surface area contributed by atoms with Crippen LogP contribution in [-0.2, 0) is 21.1 Å². The zero-order valence-corrected chi connectivity index (χ0v) is 13.9. The Balaban J connectivity index is 0.000000811. The van der Waals surface area contributed by atoms with Crippen LogP contribution in [0.3, 0.4) is 0 Å². The molecule has 0 saturated carbocycles. The van der Waals surface area contributed by atoms with Crippen molar-refractivity contribution in [3.05, 3.63) is 24.3 Å². The third kappa shape index (κ3) is 5.05. The molecule has 0 N–H and O–H groups in total. The zero-order chi connectivity index (χ0) is 11.8. The number of allylic oxidation sites excluding steroid dienone is 2. The van der Waals surface area contributed by atoms with E-state index in [9.17, 15) is 0 Å². The van der Waals surface area contributed by atoms with E-state index in [2.05, 4.69) is 36.1 Å². The molecule has 0 spiro atoms. The van der Waals surface area contributed by atoms with Gasteiger partial charge in [-0.05, 0) is 19.8 Å². The van der Waals surface area contributed by atoms with Gasteiger partial charge in [0, 0.05) is 39.1 Å². The van der Waals surface area contributed by atoms with Crippen LogP contribution in [-0.4, -0.2) is 11.8 Å². The maximum Gasteiger partial charge on any atom is 0.0748 e. The molecular formula is C15H21NW. The summed E-state index contributed by atoms with van der Waals surface area (Å²) >= 11 is 0. The van der Waals surface area contributed by atoms with E-state index >= 15 is 0 Å². The van der Waals surface area contributed by atoms with E-state index in [-0.39, 0.29) is 21.1 Å². The van der Waals surface area contributed by atoms with E-state index in [0.29, 0.717) is 12.0 Å². The van der Waals surface area contributed by atoms with Gasteiger partial charge in [-0.15, -0.1) is 11.8 Å². The van der Waals surface area contributed by atoms with E-state index in [4.69, 9.17) is 4.99 Å². The Morgan fingerprint density at radius 2 is 2.00 bits per heavy atom. The maximum absolute atomic E-state index is 4.69. The summed E-state index contributed by atoms with van der Waals surface area (Å²) in [4.78, 5) is 4.69. The van der Waals surface area contributed by atoms with Crippen LogP contribution in [0.5, 0.6) is 0 Å². The molecule has 17 heavy (non-hydrogen) atoms. The molecule has 1 nitrogen and oxygen atoms in total. The Labute approximate surface area is 120 Å². The van der Waals surface area contributed by atoms with E-state index in [1.54, 1.807) is 0 Å². The van der Waals surface area contributed by atoms with E-state index in [1.165, 1.54) is 5.71 Å². The molecule has 1 aliphatic carbocycles. The van der Waals surface area contributed by atoms with Crippen molar-refractivity contribution >= 4 is 5.71 Å². The third-order valence-corrected chi connectivity index (χ3v) is 2.73. The Bertz CT molecular complexity index is 355. The first-order chi connectivity index (χ1) is 7.90. The Morgan fingerprint density at radius 3 is 2.65 bits per heavy atom. The van der Waals surface area contributed by atoms with E-state index in [0.717, 1.165) is 19.3 Å².